The minimum absolute atomic E-state index is 0.307. The average molecular weight is 488 g/mol. The van der Waals surface area contributed by atoms with Gasteiger partial charge in [-0.1, -0.05) is 0 Å². The summed E-state index contributed by atoms with van der Waals surface area (Å²) in [5.74, 6) is 2.46. The normalized spacial score (nSPS) is 17.6. The van der Waals surface area contributed by atoms with Gasteiger partial charge in [0.2, 0.25) is 5.75 Å². The van der Waals surface area contributed by atoms with E-state index >= 15 is 0 Å². The standard InChI is InChI=1S/C22H26FN7O3S/c1-31-16-8-12(9-17(32-2)20(16)33-3)26-19-11-25-15-4-5-18(28-21(15)29-19)30-22(34)27-14-6-7-24-10-13(14)23/h4-5,8-9,11,13-14,24H,6-7,10H2,1-3H3,(H3,26,27,28,29,30,34). The summed E-state index contributed by atoms with van der Waals surface area (Å²) in [5, 5.41) is 12.5. The Morgan fingerprint density at radius 3 is 2.50 bits per heavy atom. The van der Waals surface area contributed by atoms with Gasteiger partial charge in [-0.25, -0.2) is 19.3 Å². The zero-order valence-corrected chi connectivity index (χ0v) is 19.8. The third-order valence-electron chi connectivity index (χ3n) is 5.31. The van der Waals surface area contributed by atoms with Crippen molar-refractivity contribution >= 4 is 45.8 Å². The van der Waals surface area contributed by atoms with Crippen LogP contribution in [0.1, 0.15) is 6.42 Å². The number of ether oxygens (including phenoxy) is 3. The predicted octanol–water partition coefficient (Wildman–Crippen LogP) is 2.78. The fourth-order valence-electron chi connectivity index (χ4n) is 3.63. The zero-order chi connectivity index (χ0) is 24.1. The van der Waals surface area contributed by atoms with Gasteiger partial charge in [0, 0.05) is 24.4 Å². The fourth-order valence-corrected chi connectivity index (χ4v) is 3.89. The van der Waals surface area contributed by atoms with Crippen molar-refractivity contribution in [1.82, 2.24) is 25.6 Å². The molecule has 4 N–H and O–H groups in total. The number of nitrogens with one attached hydrogen (secondary N) is 4. The Bertz CT molecular complexity index is 1160. The van der Waals surface area contributed by atoms with Crippen molar-refractivity contribution in [3.05, 3.63) is 30.5 Å². The van der Waals surface area contributed by atoms with E-state index in [1.54, 1.807) is 51.8 Å². The van der Waals surface area contributed by atoms with Gasteiger partial charge in [0.05, 0.1) is 33.6 Å². The third-order valence-corrected chi connectivity index (χ3v) is 5.53. The van der Waals surface area contributed by atoms with Crippen molar-refractivity contribution in [2.75, 3.05) is 45.1 Å². The number of pyridine rings is 1. The number of hydrogen-bond donors (Lipinski definition) is 4. The average Bonchev–Trinajstić information content (AvgIpc) is 2.84. The molecule has 1 fully saturated rings. The first-order valence-corrected chi connectivity index (χ1v) is 11.0. The molecule has 1 aromatic carbocycles. The van der Waals surface area contributed by atoms with Gasteiger partial charge in [-0.3, -0.25) is 0 Å². The first-order chi connectivity index (χ1) is 16.5. The maximum atomic E-state index is 14.0. The second-order valence-electron chi connectivity index (χ2n) is 7.55. The molecule has 0 radical (unpaired) electrons. The Morgan fingerprint density at radius 1 is 1.09 bits per heavy atom. The van der Waals surface area contributed by atoms with E-state index < -0.39 is 6.17 Å². The molecular formula is C22H26FN7O3S. The topological polar surface area (TPSA) is 114 Å². The summed E-state index contributed by atoms with van der Waals surface area (Å²) < 4.78 is 30.2. The van der Waals surface area contributed by atoms with Gasteiger partial charge in [-0.05, 0) is 37.3 Å². The highest BCUT2D eigenvalue weighted by Gasteiger charge is 2.25. The molecule has 10 nitrogen and oxygen atoms in total. The molecule has 180 valence electrons. The smallest absolute Gasteiger partial charge is 0.203 e. The minimum Gasteiger partial charge on any atom is -0.493 e. The first-order valence-electron chi connectivity index (χ1n) is 10.6. The second kappa shape index (κ2) is 10.6. The second-order valence-corrected chi connectivity index (χ2v) is 7.96. The van der Waals surface area contributed by atoms with Crippen LogP contribution in [0.15, 0.2) is 30.5 Å². The summed E-state index contributed by atoms with van der Waals surface area (Å²) in [4.78, 5) is 13.5. The van der Waals surface area contributed by atoms with Gasteiger partial charge in [-0.2, -0.15) is 0 Å². The van der Waals surface area contributed by atoms with Crippen LogP contribution in [-0.2, 0) is 0 Å². The fraction of sp³-hybridized carbons (Fsp3) is 0.364. The molecular weight excluding hydrogens is 461 g/mol. The lowest BCUT2D eigenvalue weighted by molar-refractivity contribution is 0.220. The molecule has 1 saturated heterocycles. The number of hydrogen-bond acceptors (Lipinski definition) is 9. The van der Waals surface area contributed by atoms with Crippen LogP contribution in [0.4, 0.5) is 21.7 Å². The van der Waals surface area contributed by atoms with E-state index in [0.717, 1.165) is 6.54 Å². The number of alkyl halides is 1. The summed E-state index contributed by atoms with van der Waals surface area (Å²) in [6.07, 6.45) is 1.24. The molecule has 1 aliphatic heterocycles. The Hall–Kier alpha value is -3.51. The highest BCUT2D eigenvalue weighted by molar-refractivity contribution is 7.80. The molecule has 3 aromatic rings. The van der Waals surface area contributed by atoms with Crippen molar-refractivity contribution in [2.45, 2.75) is 18.6 Å². The van der Waals surface area contributed by atoms with Crippen LogP contribution in [0, 0.1) is 0 Å². The van der Waals surface area contributed by atoms with Crippen LogP contribution in [0.2, 0.25) is 0 Å². The van der Waals surface area contributed by atoms with Crippen molar-refractivity contribution in [1.29, 1.82) is 0 Å². The molecule has 34 heavy (non-hydrogen) atoms. The van der Waals surface area contributed by atoms with E-state index in [4.69, 9.17) is 26.4 Å². The number of benzene rings is 1. The van der Waals surface area contributed by atoms with Crippen molar-refractivity contribution in [3.8, 4) is 17.2 Å². The molecule has 3 heterocycles. The number of anilines is 3. The van der Waals surface area contributed by atoms with Crippen LogP contribution in [0.3, 0.4) is 0 Å². The van der Waals surface area contributed by atoms with Crippen LogP contribution in [0.5, 0.6) is 17.2 Å². The van der Waals surface area contributed by atoms with Gasteiger partial charge in [-0.15, -0.1) is 0 Å². The largest absolute Gasteiger partial charge is 0.493 e. The molecule has 0 spiro atoms. The van der Waals surface area contributed by atoms with Crippen molar-refractivity contribution in [3.63, 3.8) is 0 Å². The van der Waals surface area contributed by atoms with Crippen molar-refractivity contribution < 1.29 is 18.6 Å². The maximum absolute atomic E-state index is 14.0. The number of methoxy groups -OCH3 is 3. The highest BCUT2D eigenvalue weighted by Crippen LogP contribution is 2.40. The number of piperidine rings is 1. The molecule has 0 amide bonds. The van der Waals surface area contributed by atoms with Gasteiger partial charge >= 0.3 is 0 Å². The molecule has 1 aliphatic rings. The van der Waals surface area contributed by atoms with Gasteiger partial charge in [0.15, 0.2) is 28.1 Å². The molecule has 0 saturated carbocycles. The lowest BCUT2D eigenvalue weighted by Crippen LogP contribution is -2.51. The monoisotopic (exact) mass is 487 g/mol. The summed E-state index contributed by atoms with van der Waals surface area (Å²) >= 11 is 5.34. The molecule has 12 heteroatoms. The summed E-state index contributed by atoms with van der Waals surface area (Å²) in [7, 11) is 4.64. The van der Waals surface area contributed by atoms with E-state index in [2.05, 4.69) is 36.2 Å². The molecule has 0 bridgehead atoms. The van der Waals surface area contributed by atoms with E-state index in [9.17, 15) is 4.39 Å². The quantitative estimate of drug-likeness (QED) is 0.369. The molecule has 2 unspecified atom stereocenters. The van der Waals surface area contributed by atoms with Crippen LogP contribution in [0.25, 0.3) is 11.2 Å². The van der Waals surface area contributed by atoms with Gasteiger partial charge in [0.25, 0.3) is 0 Å². The van der Waals surface area contributed by atoms with Gasteiger partial charge < -0.3 is 35.5 Å². The third kappa shape index (κ3) is 5.34. The number of aromatic nitrogens is 3. The Kier molecular flexibility index (Phi) is 7.38. The lowest BCUT2D eigenvalue weighted by Gasteiger charge is -2.28. The zero-order valence-electron chi connectivity index (χ0n) is 19.0. The lowest BCUT2D eigenvalue weighted by atomic mass is 10.1. The number of thiocarbonyl (C=S) groups is 1. The summed E-state index contributed by atoms with van der Waals surface area (Å²) in [6, 6.07) is 6.72. The molecule has 4 rings (SSSR count). The van der Waals surface area contributed by atoms with E-state index in [0.29, 0.717) is 63.8 Å². The first kappa shape index (κ1) is 23.6. The van der Waals surface area contributed by atoms with Crippen LogP contribution >= 0.6 is 12.2 Å². The van der Waals surface area contributed by atoms with E-state index in [1.807, 2.05) is 0 Å². The highest BCUT2D eigenvalue weighted by atomic mass is 32.1. The van der Waals surface area contributed by atoms with Crippen LogP contribution < -0.4 is 35.5 Å². The van der Waals surface area contributed by atoms with E-state index in [1.165, 1.54) is 0 Å². The number of rotatable bonds is 7. The Morgan fingerprint density at radius 2 is 1.82 bits per heavy atom. The Balaban J connectivity index is 1.51. The molecule has 0 aliphatic carbocycles. The number of nitrogens with zero attached hydrogens (tertiary/aromatic N) is 3. The maximum Gasteiger partial charge on any atom is 0.203 e. The van der Waals surface area contributed by atoms with E-state index in [-0.39, 0.29) is 6.04 Å². The van der Waals surface area contributed by atoms with Crippen LogP contribution in [-0.4, -0.2) is 66.7 Å². The number of fused-ring (bicyclic) bond motifs is 1. The minimum atomic E-state index is -1.01. The van der Waals surface area contributed by atoms with Crippen molar-refractivity contribution in [2.24, 2.45) is 0 Å². The summed E-state index contributed by atoms with van der Waals surface area (Å²) in [5.41, 5.74) is 1.70. The van der Waals surface area contributed by atoms with Gasteiger partial charge in [0.1, 0.15) is 17.5 Å². The SMILES string of the molecule is COc1cc(Nc2cnc3ccc(NC(=S)NC4CCNCC4F)nc3n2)cc(OC)c1OC. The molecule has 2 atom stereocenters. The predicted molar refractivity (Wildman–Crippen MR) is 132 cm³/mol. The molecule has 2 aromatic heterocycles. The Labute approximate surface area is 201 Å². The summed E-state index contributed by atoms with van der Waals surface area (Å²) in [6.45, 7) is 1.05. The number of halogens is 1.